The SMILES string of the molecule is CCc1c(N)ncnc1N1CCC(c2nc(-c3ccc(F)c(C(F)(F)F)c3)cn2CC2CCN2)CC1. The largest absolute Gasteiger partial charge is 0.419 e. The fourth-order valence-corrected chi connectivity index (χ4v) is 5.06. The van der Waals surface area contributed by atoms with Crippen molar-refractivity contribution in [3.05, 3.63) is 53.5 Å². The van der Waals surface area contributed by atoms with Gasteiger partial charge in [-0.15, -0.1) is 0 Å². The molecular weight excluding hydrogens is 474 g/mol. The van der Waals surface area contributed by atoms with Crippen LogP contribution in [0.2, 0.25) is 0 Å². The highest BCUT2D eigenvalue weighted by Crippen LogP contribution is 2.36. The summed E-state index contributed by atoms with van der Waals surface area (Å²) in [5.41, 5.74) is 6.40. The minimum absolute atomic E-state index is 0.141. The lowest BCUT2D eigenvalue weighted by Gasteiger charge is -2.34. The molecule has 192 valence electrons. The highest BCUT2D eigenvalue weighted by Gasteiger charge is 2.35. The molecule has 36 heavy (non-hydrogen) atoms. The summed E-state index contributed by atoms with van der Waals surface area (Å²) < 4.78 is 55.8. The highest BCUT2D eigenvalue weighted by molar-refractivity contribution is 5.61. The van der Waals surface area contributed by atoms with Crippen LogP contribution >= 0.6 is 0 Å². The summed E-state index contributed by atoms with van der Waals surface area (Å²) in [6.45, 7) is 5.18. The van der Waals surface area contributed by atoms with Crippen molar-refractivity contribution in [2.45, 2.75) is 57.3 Å². The van der Waals surface area contributed by atoms with Crippen LogP contribution in [0.3, 0.4) is 0 Å². The number of hydrogen-bond donors (Lipinski definition) is 2. The van der Waals surface area contributed by atoms with E-state index in [0.717, 1.165) is 74.7 Å². The lowest BCUT2D eigenvalue weighted by Crippen LogP contribution is -2.45. The van der Waals surface area contributed by atoms with Gasteiger partial charge in [0.2, 0.25) is 0 Å². The molecule has 2 aliphatic heterocycles. The van der Waals surface area contributed by atoms with Crippen LogP contribution in [0.5, 0.6) is 0 Å². The minimum Gasteiger partial charge on any atom is -0.383 e. The first kappa shape index (κ1) is 24.5. The van der Waals surface area contributed by atoms with Crippen molar-refractivity contribution in [3.63, 3.8) is 0 Å². The molecule has 5 rings (SSSR count). The lowest BCUT2D eigenvalue weighted by molar-refractivity contribution is -0.139. The molecule has 2 saturated heterocycles. The van der Waals surface area contributed by atoms with Gasteiger partial charge in [0.15, 0.2) is 0 Å². The van der Waals surface area contributed by atoms with Crippen molar-refractivity contribution in [2.24, 2.45) is 0 Å². The Bertz CT molecular complexity index is 1230. The van der Waals surface area contributed by atoms with Crippen molar-refractivity contribution in [1.29, 1.82) is 0 Å². The molecule has 2 aliphatic rings. The summed E-state index contributed by atoms with van der Waals surface area (Å²) in [5.74, 6) is 1.07. The topological polar surface area (TPSA) is 84.9 Å². The number of piperidine rings is 1. The number of aromatic nitrogens is 4. The van der Waals surface area contributed by atoms with Crippen molar-refractivity contribution < 1.29 is 17.6 Å². The second-order valence-corrected chi connectivity index (χ2v) is 9.44. The van der Waals surface area contributed by atoms with Gasteiger partial charge in [0.25, 0.3) is 0 Å². The number of imidazole rings is 1. The summed E-state index contributed by atoms with van der Waals surface area (Å²) in [6.07, 6.45) is 1.93. The van der Waals surface area contributed by atoms with E-state index >= 15 is 0 Å². The molecule has 3 N–H and O–H groups in total. The van der Waals surface area contributed by atoms with Crippen molar-refractivity contribution in [3.8, 4) is 11.3 Å². The Kier molecular flexibility index (Phi) is 6.59. The molecule has 1 unspecified atom stereocenters. The number of nitrogens with one attached hydrogen (secondary N) is 1. The van der Waals surface area contributed by atoms with Crippen LogP contribution in [0.1, 0.15) is 49.1 Å². The first-order valence-electron chi connectivity index (χ1n) is 12.3. The molecule has 0 saturated carbocycles. The Morgan fingerprint density at radius 3 is 2.53 bits per heavy atom. The van der Waals surface area contributed by atoms with E-state index in [-0.39, 0.29) is 11.5 Å². The van der Waals surface area contributed by atoms with Crippen LogP contribution in [0.4, 0.5) is 29.2 Å². The maximum Gasteiger partial charge on any atom is 0.419 e. The van der Waals surface area contributed by atoms with E-state index in [2.05, 4.69) is 24.8 Å². The van der Waals surface area contributed by atoms with E-state index in [1.807, 2.05) is 6.92 Å². The summed E-state index contributed by atoms with van der Waals surface area (Å²) in [4.78, 5) is 15.6. The zero-order valence-corrected chi connectivity index (χ0v) is 20.0. The van der Waals surface area contributed by atoms with E-state index < -0.39 is 17.6 Å². The van der Waals surface area contributed by atoms with E-state index in [1.165, 1.54) is 12.4 Å². The predicted octanol–water partition coefficient (Wildman–Crippen LogP) is 4.39. The number of nitrogens with two attached hydrogens (primary N) is 1. The summed E-state index contributed by atoms with van der Waals surface area (Å²) in [6, 6.07) is 3.38. The van der Waals surface area contributed by atoms with Gasteiger partial charge >= 0.3 is 6.18 Å². The fourth-order valence-electron chi connectivity index (χ4n) is 5.06. The number of anilines is 2. The maximum absolute atomic E-state index is 13.9. The lowest BCUT2D eigenvalue weighted by atomic mass is 9.95. The van der Waals surface area contributed by atoms with Crippen LogP contribution in [0.15, 0.2) is 30.7 Å². The zero-order chi connectivity index (χ0) is 25.4. The van der Waals surface area contributed by atoms with E-state index in [9.17, 15) is 17.6 Å². The van der Waals surface area contributed by atoms with Gasteiger partial charge in [0, 0.05) is 48.9 Å². The number of rotatable bonds is 6. The number of nitrogens with zero attached hydrogens (tertiary/aromatic N) is 5. The van der Waals surface area contributed by atoms with Crippen LogP contribution in [-0.2, 0) is 19.1 Å². The summed E-state index contributed by atoms with van der Waals surface area (Å²) >= 11 is 0. The number of alkyl halides is 3. The van der Waals surface area contributed by atoms with Crippen molar-refractivity contribution in [1.82, 2.24) is 24.8 Å². The second kappa shape index (κ2) is 9.68. The van der Waals surface area contributed by atoms with Gasteiger partial charge < -0.3 is 20.5 Å². The quantitative estimate of drug-likeness (QED) is 0.486. The molecule has 0 aliphatic carbocycles. The maximum atomic E-state index is 13.9. The molecule has 4 heterocycles. The molecule has 1 atom stereocenters. The van der Waals surface area contributed by atoms with Crippen LogP contribution in [0, 0.1) is 5.82 Å². The molecule has 7 nitrogen and oxygen atoms in total. The molecule has 0 spiro atoms. The third-order valence-electron chi connectivity index (χ3n) is 7.19. The predicted molar refractivity (Wildman–Crippen MR) is 129 cm³/mol. The molecule has 11 heteroatoms. The number of nitrogen functional groups attached to an aromatic ring is 1. The minimum atomic E-state index is -4.77. The average molecular weight is 504 g/mol. The van der Waals surface area contributed by atoms with E-state index in [0.29, 0.717) is 24.1 Å². The fraction of sp³-hybridized carbons (Fsp3) is 0.480. The van der Waals surface area contributed by atoms with Gasteiger partial charge in [-0.1, -0.05) is 6.92 Å². The van der Waals surface area contributed by atoms with Gasteiger partial charge in [-0.2, -0.15) is 13.2 Å². The van der Waals surface area contributed by atoms with Gasteiger partial charge in [0.05, 0.1) is 11.3 Å². The molecular formula is C25H29F4N7. The summed E-state index contributed by atoms with van der Waals surface area (Å²) in [5, 5.41) is 3.37. The Morgan fingerprint density at radius 2 is 1.89 bits per heavy atom. The first-order valence-corrected chi connectivity index (χ1v) is 12.3. The van der Waals surface area contributed by atoms with Crippen LogP contribution in [0.25, 0.3) is 11.3 Å². The van der Waals surface area contributed by atoms with Crippen molar-refractivity contribution >= 4 is 11.6 Å². The standard InChI is InChI=1S/C25H29F4N7/c1-2-18-22(30)32-14-33-24(18)35-9-6-15(7-10-35)23-34-21(13-36(23)12-17-5-8-31-17)16-3-4-20(26)19(11-16)25(27,28)29/h3-4,11,13-15,17,31H,2,5-10,12H2,1H3,(H2,30,32,33). The average Bonchev–Trinajstić information content (AvgIpc) is 3.25. The Labute approximate surface area is 206 Å². The Balaban J connectivity index is 1.41. The number of halogens is 4. The normalized spacial score (nSPS) is 18.9. The molecule has 3 aromatic rings. The van der Waals surface area contributed by atoms with Crippen molar-refractivity contribution in [2.75, 3.05) is 30.3 Å². The Morgan fingerprint density at radius 1 is 1.14 bits per heavy atom. The van der Waals surface area contributed by atoms with Gasteiger partial charge in [-0.3, -0.25) is 0 Å². The second-order valence-electron chi connectivity index (χ2n) is 9.44. The molecule has 2 aromatic heterocycles. The van der Waals surface area contributed by atoms with E-state index in [1.54, 1.807) is 6.20 Å². The molecule has 0 amide bonds. The molecule has 0 radical (unpaired) electrons. The highest BCUT2D eigenvalue weighted by atomic mass is 19.4. The zero-order valence-electron chi connectivity index (χ0n) is 20.0. The molecule has 1 aromatic carbocycles. The third-order valence-corrected chi connectivity index (χ3v) is 7.19. The van der Waals surface area contributed by atoms with Gasteiger partial charge in [-0.05, 0) is 50.4 Å². The van der Waals surface area contributed by atoms with Gasteiger partial charge in [-0.25, -0.2) is 19.3 Å². The third kappa shape index (κ3) is 4.76. The molecule has 2 fully saturated rings. The smallest absolute Gasteiger partial charge is 0.383 e. The first-order chi connectivity index (χ1) is 17.2. The molecule has 0 bridgehead atoms. The van der Waals surface area contributed by atoms with Crippen LogP contribution in [-0.4, -0.2) is 45.2 Å². The number of hydrogen-bond acceptors (Lipinski definition) is 6. The Hall–Kier alpha value is -3.21. The van der Waals surface area contributed by atoms with Crippen LogP contribution < -0.4 is 16.0 Å². The monoisotopic (exact) mass is 503 g/mol. The van der Waals surface area contributed by atoms with Gasteiger partial charge in [0.1, 0.15) is 29.6 Å². The number of benzene rings is 1. The van der Waals surface area contributed by atoms with E-state index in [4.69, 9.17) is 10.7 Å². The summed E-state index contributed by atoms with van der Waals surface area (Å²) in [7, 11) is 0.